The lowest BCUT2D eigenvalue weighted by Gasteiger charge is -2.22. The number of hydrogen-bond acceptors (Lipinski definition) is 4. The number of carbonyl (C=O) groups is 1. The van der Waals surface area contributed by atoms with Crippen LogP contribution in [0, 0.1) is 13.8 Å². The molecule has 1 aliphatic rings. The second-order valence-electron chi connectivity index (χ2n) is 12.3. The zero-order chi connectivity index (χ0) is 37.7. The molecule has 7 rings (SSSR count). The van der Waals surface area contributed by atoms with E-state index in [9.17, 15) is 9.11 Å². The molecule has 1 radical (unpaired) electrons. The molecule has 2 heterocycles. The summed E-state index contributed by atoms with van der Waals surface area (Å²) in [6.45, 7) is 11.7. The highest BCUT2D eigenvalue weighted by atomic mass is 20.0. The van der Waals surface area contributed by atoms with Gasteiger partial charge in [-0.05, 0) is 83.9 Å². The van der Waals surface area contributed by atoms with E-state index in [-0.39, 0.29) is 16.7 Å². The second kappa shape index (κ2) is 18.7. The van der Waals surface area contributed by atoms with E-state index >= 15 is 0 Å². The van der Waals surface area contributed by atoms with Crippen molar-refractivity contribution in [3.8, 4) is 22.5 Å². The average molecular weight is 694 g/mol. The van der Waals surface area contributed by atoms with Gasteiger partial charge in [-0.25, -0.2) is 4.68 Å². The van der Waals surface area contributed by atoms with Gasteiger partial charge in [0, 0.05) is 38.6 Å². The van der Waals surface area contributed by atoms with Gasteiger partial charge in [-0.1, -0.05) is 87.4 Å². The van der Waals surface area contributed by atoms with Gasteiger partial charge in [0.25, 0.3) is 0 Å². The summed E-state index contributed by atoms with van der Waals surface area (Å²) in [4.78, 5) is 10.9. The summed E-state index contributed by atoms with van der Waals surface area (Å²) in [5.41, 5.74) is 11.2. The Bertz CT molecular complexity index is 2020. The molecule has 4 aromatic carbocycles. The molecule has 0 amide bonds. The van der Waals surface area contributed by atoms with E-state index in [1.807, 2.05) is 29.1 Å². The third kappa shape index (κ3) is 9.74. The van der Waals surface area contributed by atoms with E-state index in [0.717, 1.165) is 5.69 Å². The third-order valence-corrected chi connectivity index (χ3v) is 8.40. The zero-order valence-electron chi connectivity index (χ0n) is 29.9. The average Bonchev–Trinajstić information content (AvgIpc) is 3.86. The smallest absolute Gasteiger partial charge is 0.423 e. The summed E-state index contributed by atoms with van der Waals surface area (Å²) in [5, 5.41) is 21.9. The van der Waals surface area contributed by atoms with Crippen LogP contribution in [0.2, 0.25) is 6.82 Å². The van der Waals surface area contributed by atoms with E-state index in [4.69, 9.17) is 19.2 Å². The number of benzene rings is 4. The maximum Gasteiger partial charge on any atom is 0.489 e. The van der Waals surface area contributed by atoms with Crippen molar-refractivity contribution < 1.29 is 33.0 Å². The Hall–Kier alpha value is -5.19. The van der Waals surface area contributed by atoms with E-state index in [1.54, 1.807) is 24.4 Å². The molecule has 12 heteroatoms. The Morgan fingerprint density at radius 3 is 2.10 bits per heavy atom. The Morgan fingerprint density at radius 1 is 0.863 bits per heavy atom. The number of aryl methyl sites for hydroxylation is 3. The Labute approximate surface area is 298 Å². The van der Waals surface area contributed by atoms with E-state index in [2.05, 4.69) is 116 Å². The topological polar surface area (TPSA) is 84.2 Å². The molecule has 6 aromatic rings. The number of carbonyl (C=O) groups excluding carboxylic acids is 1. The van der Waals surface area contributed by atoms with Gasteiger partial charge in [-0.15, -0.1) is 9.36 Å². The number of fused-ring (bicyclic) bond motifs is 3. The van der Waals surface area contributed by atoms with Crippen molar-refractivity contribution in [2.24, 2.45) is 7.05 Å². The summed E-state index contributed by atoms with van der Waals surface area (Å²) in [7, 11) is 0.995. The molecule has 7 nitrogen and oxygen atoms in total. The highest BCUT2D eigenvalue weighted by Gasteiger charge is 2.36. The van der Waals surface area contributed by atoms with Crippen molar-refractivity contribution in [2.45, 2.75) is 46.9 Å². The molecule has 51 heavy (non-hydrogen) atoms. The first-order valence-corrected chi connectivity index (χ1v) is 16.2. The van der Waals surface area contributed by atoms with Crippen LogP contribution in [0.1, 0.15) is 53.4 Å². The van der Waals surface area contributed by atoms with Crippen LogP contribution in [0.25, 0.3) is 22.5 Å². The number of rotatable bonds is 4. The molecule has 0 unspecified atom stereocenters. The van der Waals surface area contributed by atoms with Crippen LogP contribution in [0.15, 0.2) is 122 Å². The lowest BCUT2D eigenvalue weighted by atomic mass is 9.76. The highest BCUT2D eigenvalue weighted by molar-refractivity contribution is 6.60. The standard InChI is InChI=1S/C20H21N2.C10H10N2.C8H9BO3.CH3BF.F2/c1-14-12-18-16(13-19(14)22-11-7-10-21(22)4)15-8-5-6-9-17(15)20(18,2)3;1-9-4-2-5-10(8-9)12-7-3-6-11-12;1-6(10)7-4-2-3-5-8(7)9(11)12;1-2-3;1-2/h5-13H,1-4H3;2-8H,1H3;2-5,11-12H,1H3;1H3;/q+1;;;;. The minimum atomic E-state index is -1.58. The highest BCUT2D eigenvalue weighted by Crippen LogP contribution is 2.49. The van der Waals surface area contributed by atoms with Crippen LogP contribution < -0.4 is 10.1 Å². The summed E-state index contributed by atoms with van der Waals surface area (Å²) in [6, 6.07) is 32.2. The van der Waals surface area contributed by atoms with Crippen LogP contribution in [0.3, 0.4) is 0 Å². The summed E-state index contributed by atoms with van der Waals surface area (Å²) in [5.74, 6) is -0.168. The lowest BCUT2D eigenvalue weighted by molar-refractivity contribution is -0.744. The fourth-order valence-corrected chi connectivity index (χ4v) is 6.00. The molecule has 263 valence electrons. The molecule has 0 saturated carbocycles. The molecule has 0 aliphatic heterocycles. The molecule has 2 aromatic heterocycles. The van der Waals surface area contributed by atoms with Crippen molar-refractivity contribution in [1.29, 1.82) is 0 Å². The van der Waals surface area contributed by atoms with Gasteiger partial charge in [-0.2, -0.15) is 5.10 Å². The molecule has 0 bridgehead atoms. The quantitative estimate of drug-likeness (QED) is 0.117. The van der Waals surface area contributed by atoms with Crippen molar-refractivity contribution in [2.75, 3.05) is 0 Å². The molecular weight excluding hydrogens is 651 g/mol. The Kier molecular flexibility index (Phi) is 14.8. The van der Waals surface area contributed by atoms with Crippen molar-refractivity contribution in [3.05, 3.63) is 150 Å². The molecule has 0 fully saturated rings. The first-order valence-electron chi connectivity index (χ1n) is 16.2. The Balaban J connectivity index is 0.000000207. The largest absolute Gasteiger partial charge is 0.489 e. The van der Waals surface area contributed by atoms with Crippen LogP contribution in [-0.2, 0) is 12.5 Å². The minimum absolute atomic E-state index is 0.0775. The van der Waals surface area contributed by atoms with E-state index in [1.165, 1.54) is 58.9 Å². The molecule has 0 spiro atoms. The first kappa shape index (κ1) is 40.2. The summed E-state index contributed by atoms with van der Waals surface area (Å²) < 4.78 is 32.3. The van der Waals surface area contributed by atoms with Crippen molar-refractivity contribution >= 4 is 25.9 Å². The maximum atomic E-state index is 10.9. The molecule has 2 N–H and O–H groups in total. The Morgan fingerprint density at radius 2 is 1.53 bits per heavy atom. The number of aromatic nitrogens is 4. The number of halogens is 3. The van der Waals surface area contributed by atoms with Crippen LogP contribution >= 0.6 is 0 Å². The van der Waals surface area contributed by atoms with Crippen molar-refractivity contribution in [3.63, 3.8) is 0 Å². The maximum absolute atomic E-state index is 10.9. The van der Waals surface area contributed by atoms with E-state index < -0.39 is 7.12 Å². The van der Waals surface area contributed by atoms with Gasteiger partial charge in [0.2, 0.25) is 0 Å². The van der Waals surface area contributed by atoms with E-state index in [0.29, 0.717) is 13.1 Å². The van der Waals surface area contributed by atoms with Gasteiger partial charge in [-0.3, -0.25) is 4.79 Å². The zero-order valence-corrected chi connectivity index (χ0v) is 29.9. The molecular formula is C39H43B2F3N4O3+. The van der Waals surface area contributed by atoms with Gasteiger partial charge in [0.05, 0.1) is 11.9 Å². The normalized spacial score (nSPS) is 11.4. The van der Waals surface area contributed by atoms with Crippen LogP contribution in [-0.4, -0.2) is 45.0 Å². The predicted molar refractivity (Wildman–Crippen MR) is 199 cm³/mol. The van der Waals surface area contributed by atoms with Crippen LogP contribution in [0.5, 0.6) is 0 Å². The summed E-state index contributed by atoms with van der Waals surface area (Å²) in [6.07, 6.45) is 7.91. The molecule has 1 aliphatic carbocycles. The fraction of sp³-hybridized carbons (Fsp3) is 0.205. The SMILES string of the molecule is CC(=O)c1ccccc1B(O)O.C[B]F.Cc1cc2c(cc1-n1ccc[n+]1C)-c1ccccc1C2(C)C.Cc1cccc(-n2cccn2)c1.FF. The predicted octanol–water partition coefficient (Wildman–Crippen LogP) is 7.13. The number of Topliss-reactive ketones (excluding diaryl/α,β-unsaturated/α-hetero) is 1. The minimum Gasteiger partial charge on any atom is -0.423 e. The second-order valence-corrected chi connectivity index (χ2v) is 12.3. The summed E-state index contributed by atoms with van der Waals surface area (Å²) >= 11 is 0. The monoisotopic (exact) mass is 694 g/mol. The first-order chi connectivity index (χ1) is 24.4. The van der Waals surface area contributed by atoms with Gasteiger partial charge in [0.1, 0.15) is 5.69 Å². The third-order valence-electron chi connectivity index (χ3n) is 8.40. The van der Waals surface area contributed by atoms with Crippen LogP contribution in [0.4, 0.5) is 13.5 Å². The molecule has 0 atom stereocenters. The van der Waals surface area contributed by atoms with Crippen molar-refractivity contribution in [1.82, 2.24) is 14.5 Å². The van der Waals surface area contributed by atoms with Gasteiger partial charge < -0.3 is 14.4 Å². The van der Waals surface area contributed by atoms with Gasteiger partial charge in [0.15, 0.2) is 19.0 Å². The molecule has 0 saturated heterocycles. The number of hydrogen-bond donors (Lipinski definition) is 2. The van der Waals surface area contributed by atoms with Gasteiger partial charge >= 0.3 is 14.7 Å². The number of ketones is 1. The fourth-order valence-electron chi connectivity index (χ4n) is 6.00. The number of nitrogens with zero attached hydrogens (tertiary/aromatic N) is 4. The lowest BCUT2D eigenvalue weighted by Crippen LogP contribution is -2.37.